The van der Waals surface area contributed by atoms with Gasteiger partial charge in [0.1, 0.15) is 8.51 Å². The summed E-state index contributed by atoms with van der Waals surface area (Å²) in [5, 5.41) is 0. The Bertz CT molecular complexity index is 408. The van der Waals surface area contributed by atoms with E-state index in [1.807, 2.05) is 6.07 Å². The van der Waals surface area contributed by atoms with Crippen molar-refractivity contribution in [3.05, 3.63) is 24.3 Å². The smallest absolute Gasteiger partial charge is 0.133 e. The van der Waals surface area contributed by atoms with Crippen molar-refractivity contribution < 1.29 is 0 Å². The molecule has 1 unspecified atom stereocenters. The van der Waals surface area contributed by atoms with Crippen molar-refractivity contribution in [1.82, 2.24) is 9.08 Å². The van der Waals surface area contributed by atoms with Gasteiger partial charge in [0.05, 0.1) is 11.0 Å². The lowest BCUT2D eigenvalue weighted by Crippen LogP contribution is -1.98. The zero-order chi connectivity index (χ0) is 9.26. The Kier molecular flexibility index (Phi) is 2.32. The predicted molar refractivity (Wildman–Crippen MR) is 57.2 cm³/mol. The molecule has 0 radical (unpaired) electrons. The highest BCUT2D eigenvalue weighted by Gasteiger charge is 2.06. The lowest BCUT2D eigenvalue weighted by Gasteiger charge is -2.09. The molecule has 0 fully saturated rings. The third-order valence-corrected chi connectivity index (χ3v) is 3.49. The first-order valence-corrected chi connectivity index (χ1v) is 5.43. The van der Waals surface area contributed by atoms with Crippen LogP contribution in [0.2, 0.25) is 0 Å². The highest BCUT2D eigenvalue weighted by Crippen LogP contribution is 2.24. The largest absolute Gasteiger partial charge is 0.304 e. The van der Waals surface area contributed by atoms with E-state index in [4.69, 9.17) is 0 Å². The molecule has 0 N–H and O–H groups in total. The van der Waals surface area contributed by atoms with Crippen LogP contribution in [-0.2, 0) is 0 Å². The molecule has 2 aromatic rings. The van der Waals surface area contributed by atoms with Gasteiger partial charge < -0.3 is 4.33 Å². The number of benzene rings is 1. The Morgan fingerprint density at radius 2 is 2.23 bits per heavy atom. The maximum Gasteiger partial charge on any atom is 0.133 e. The number of aromatic nitrogens is 2. The van der Waals surface area contributed by atoms with Crippen molar-refractivity contribution in [3.63, 3.8) is 0 Å². The summed E-state index contributed by atoms with van der Waals surface area (Å²) in [6, 6.07) is 8.91. The molecule has 0 spiro atoms. The van der Waals surface area contributed by atoms with E-state index in [1.165, 1.54) is 5.52 Å². The maximum atomic E-state index is 4.45. The van der Waals surface area contributed by atoms with E-state index in [2.05, 4.69) is 41.1 Å². The van der Waals surface area contributed by atoms with Crippen LogP contribution < -0.4 is 0 Å². The van der Waals surface area contributed by atoms with E-state index < -0.39 is 0 Å². The SMILES string of the molecule is CCC(C)n1pnc2ccccc21. The fraction of sp³-hybridized carbons (Fsp3) is 0.400. The zero-order valence-corrected chi connectivity index (χ0v) is 8.83. The Hall–Kier alpha value is -0.880. The summed E-state index contributed by atoms with van der Waals surface area (Å²) in [7, 11) is 1.07. The van der Waals surface area contributed by atoms with Crippen molar-refractivity contribution in [1.29, 1.82) is 0 Å². The van der Waals surface area contributed by atoms with Crippen LogP contribution in [0.4, 0.5) is 0 Å². The minimum atomic E-state index is 0.578. The number of hydrogen-bond acceptors (Lipinski definition) is 1. The summed E-state index contributed by atoms with van der Waals surface area (Å²) in [4.78, 5) is 0. The van der Waals surface area contributed by atoms with Crippen LogP contribution >= 0.6 is 8.51 Å². The van der Waals surface area contributed by atoms with Gasteiger partial charge in [0.25, 0.3) is 0 Å². The summed E-state index contributed by atoms with van der Waals surface area (Å²) in [6.07, 6.45) is 1.16. The Morgan fingerprint density at radius 1 is 1.46 bits per heavy atom. The molecule has 0 aliphatic carbocycles. The molecule has 0 aliphatic rings. The summed E-state index contributed by atoms with van der Waals surface area (Å²) in [5.41, 5.74) is 2.41. The highest BCUT2D eigenvalue weighted by molar-refractivity contribution is 7.21. The lowest BCUT2D eigenvalue weighted by molar-refractivity contribution is 0.584. The number of rotatable bonds is 2. The van der Waals surface area contributed by atoms with Crippen molar-refractivity contribution in [2.75, 3.05) is 0 Å². The van der Waals surface area contributed by atoms with Crippen molar-refractivity contribution in [2.24, 2.45) is 0 Å². The van der Waals surface area contributed by atoms with Crippen LogP contribution in [-0.4, -0.2) is 9.08 Å². The van der Waals surface area contributed by atoms with E-state index in [1.54, 1.807) is 0 Å². The standard InChI is InChI=1S/C10H13N2P/c1-3-8(2)12-10-7-5-4-6-9(10)11-13-12/h4-8H,3H2,1-2H3. The maximum absolute atomic E-state index is 4.45. The summed E-state index contributed by atoms with van der Waals surface area (Å²) in [5.74, 6) is 0. The minimum Gasteiger partial charge on any atom is -0.304 e. The normalized spacial score (nSPS) is 14.0. The third-order valence-electron chi connectivity index (χ3n) is 2.39. The molecule has 0 aliphatic heterocycles. The van der Waals surface area contributed by atoms with Gasteiger partial charge in [-0.25, -0.2) is 4.75 Å². The van der Waals surface area contributed by atoms with Gasteiger partial charge in [0.2, 0.25) is 0 Å². The molecule has 0 saturated carbocycles. The number of fused-ring (bicyclic) bond motifs is 1. The molecule has 1 atom stereocenters. The fourth-order valence-corrected chi connectivity index (χ4v) is 2.35. The molecule has 1 aromatic carbocycles. The van der Waals surface area contributed by atoms with Crippen LogP contribution in [0.1, 0.15) is 26.3 Å². The second-order valence-electron chi connectivity index (χ2n) is 3.28. The molecular formula is C10H13N2P. The molecule has 1 aromatic heterocycles. The van der Waals surface area contributed by atoms with Gasteiger partial charge in [-0.1, -0.05) is 19.1 Å². The Morgan fingerprint density at radius 3 is 3.00 bits per heavy atom. The molecule has 2 nitrogen and oxygen atoms in total. The van der Waals surface area contributed by atoms with Crippen LogP contribution in [0, 0.1) is 0 Å². The van der Waals surface area contributed by atoms with Gasteiger partial charge in [-0.3, -0.25) is 0 Å². The second-order valence-corrected chi connectivity index (χ2v) is 4.09. The summed E-state index contributed by atoms with van der Waals surface area (Å²) in [6.45, 7) is 4.45. The van der Waals surface area contributed by atoms with Gasteiger partial charge >= 0.3 is 0 Å². The van der Waals surface area contributed by atoms with E-state index in [9.17, 15) is 0 Å². The van der Waals surface area contributed by atoms with Crippen LogP contribution in [0.3, 0.4) is 0 Å². The highest BCUT2D eigenvalue weighted by atomic mass is 31.1. The predicted octanol–water partition coefficient (Wildman–Crippen LogP) is 3.59. The van der Waals surface area contributed by atoms with Crippen molar-refractivity contribution in [2.45, 2.75) is 26.3 Å². The van der Waals surface area contributed by atoms with Crippen LogP contribution in [0.25, 0.3) is 11.0 Å². The number of para-hydroxylation sites is 1. The topological polar surface area (TPSA) is 17.8 Å². The number of hydrogen-bond donors (Lipinski definition) is 0. The van der Waals surface area contributed by atoms with Gasteiger partial charge in [-0.15, -0.1) is 0 Å². The minimum absolute atomic E-state index is 0.578. The lowest BCUT2D eigenvalue weighted by atomic mass is 10.2. The second kappa shape index (κ2) is 3.47. The van der Waals surface area contributed by atoms with E-state index in [0.717, 1.165) is 20.4 Å². The van der Waals surface area contributed by atoms with E-state index in [-0.39, 0.29) is 0 Å². The molecule has 0 saturated heterocycles. The van der Waals surface area contributed by atoms with Gasteiger partial charge in [-0.05, 0) is 25.5 Å². The molecule has 68 valence electrons. The molecule has 3 heteroatoms. The Balaban J connectivity index is 2.57. The molecule has 1 heterocycles. The molecule has 2 rings (SSSR count). The van der Waals surface area contributed by atoms with E-state index >= 15 is 0 Å². The average Bonchev–Trinajstić information content (AvgIpc) is 2.60. The van der Waals surface area contributed by atoms with Crippen molar-refractivity contribution >= 4 is 19.5 Å². The van der Waals surface area contributed by atoms with Crippen LogP contribution in [0.15, 0.2) is 24.3 Å². The molecule has 13 heavy (non-hydrogen) atoms. The van der Waals surface area contributed by atoms with Gasteiger partial charge in [0.15, 0.2) is 0 Å². The van der Waals surface area contributed by atoms with Gasteiger partial charge in [0, 0.05) is 6.04 Å². The summed E-state index contributed by atoms with van der Waals surface area (Å²) >= 11 is 0. The number of nitrogens with zero attached hydrogens (tertiary/aromatic N) is 2. The monoisotopic (exact) mass is 192 g/mol. The quantitative estimate of drug-likeness (QED) is 0.711. The Labute approximate surface area is 79.8 Å². The molecule has 0 amide bonds. The first-order chi connectivity index (χ1) is 6.33. The van der Waals surface area contributed by atoms with E-state index in [0.29, 0.717) is 6.04 Å². The first kappa shape index (κ1) is 8.71. The fourth-order valence-electron chi connectivity index (χ4n) is 1.39. The average molecular weight is 192 g/mol. The third kappa shape index (κ3) is 1.47. The summed E-state index contributed by atoms with van der Waals surface area (Å²) < 4.78 is 6.78. The zero-order valence-electron chi connectivity index (χ0n) is 7.94. The molecule has 0 bridgehead atoms. The first-order valence-electron chi connectivity index (χ1n) is 4.63. The van der Waals surface area contributed by atoms with Gasteiger partial charge in [-0.2, -0.15) is 0 Å². The molecular weight excluding hydrogens is 179 g/mol. The van der Waals surface area contributed by atoms with Crippen LogP contribution in [0.5, 0.6) is 0 Å². The van der Waals surface area contributed by atoms with Crippen molar-refractivity contribution in [3.8, 4) is 0 Å².